The monoisotopic (exact) mass is 316 g/mol. The molecular weight excluding hydrogens is 299 g/mol. The van der Waals surface area contributed by atoms with E-state index < -0.39 is 11.8 Å². The first-order valence-corrected chi connectivity index (χ1v) is 6.83. The van der Waals surface area contributed by atoms with Crippen molar-refractivity contribution in [3.8, 4) is 0 Å². The minimum Gasteiger partial charge on any atom is -0.465 e. The first kappa shape index (κ1) is 16.4. The number of hydrogen-bond acceptors (Lipinski definition) is 5. The van der Waals surface area contributed by atoms with Gasteiger partial charge in [0.2, 0.25) is 0 Å². The van der Waals surface area contributed by atoms with Crippen molar-refractivity contribution in [3.63, 3.8) is 0 Å². The summed E-state index contributed by atoms with van der Waals surface area (Å²) < 4.78 is 18.5. The van der Waals surface area contributed by atoms with Crippen LogP contribution in [-0.2, 0) is 4.74 Å². The van der Waals surface area contributed by atoms with Gasteiger partial charge in [-0.1, -0.05) is 12.1 Å². The largest absolute Gasteiger partial charge is 0.465 e. The second-order valence-corrected chi connectivity index (χ2v) is 4.87. The number of nitrogens with one attached hydrogen (secondary N) is 1. The fourth-order valence-corrected chi connectivity index (χ4v) is 1.76. The van der Waals surface area contributed by atoms with Gasteiger partial charge in [0.1, 0.15) is 17.2 Å². The third-order valence-electron chi connectivity index (χ3n) is 2.83. The van der Waals surface area contributed by atoms with Crippen molar-refractivity contribution in [2.75, 3.05) is 26.5 Å². The molecule has 0 bridgehead atoms. The highest BCUT2D eigenvalue weighted by atomic mass is 19.1. The number of carbonyl (C=O) groups is 1. The lowest BCUT2D eigenvalue weighted by Crippen LogP contribution is -2.09. The topological polar surface area (TPSA) is 66.8 Å². The fraction of sp³-hybridized carbons (Fsp3) is 0.188. The Kier molecular flexibility index (Phi) is 5.24. The number of anilines is 2. The highest BCUT2D eigenvalue weighted by molar-refractivity contribution is 5.95. The Morgan fingerprint density at radius 2 is 2.04 bits per heavy atom. The molecule has 2 rings (SSSR count). The number of aromatic nitrogens is 1. The van der Waals surface area contributed by atoms with Crippen LogP contribution in [0.25, 0.3) is 0 Å². The molecule has 23 heavy (non-hydrogen) atoms. The molecule has 7 heteroatoms. The van der Waals surface area contributed by atoms with E-state index in [0.717, 1.165) is 0 Å². The standard InChI is InChI=1S/C16H17FN4O2/c1-21(2)10-18-14-9-8-11(16(22)23-3)15(20-14)19-13-7-5-4-6-12(13)17/h4-10H,1-3H3,(H,19,20). The van der Waals surface area contributed by atoms with Crippen LogP contribution in [0.15, 0.2) is 41.4 Å². The summed E-state index contributed by atoms with van der Waals surface area (Å²) in [5, 5.41) is 2.81. The average molecular weight is 316 g/mol. The quantitative estimate of drug-likeness (QED) is 0.522. The van der Waals surface area contributed by atoms with Crippen molar-refractivity contribution in [1.82, 2.24) is 9.88 Å². The number of ether oxygens (including phenoxy) is 1. The number of esters is 1. The predicted octanol–water partition coefficient (Wildman–Crippen LogP) is 2.97. The molecule has 2 aromatic rings. The molecule has 1 heterocycles. The average Bonchev–Trinajstić information content (AvgIpc) is 2.54. The van der Waals surface area contributed by atoms with Crippen LogP contribution >= 0.6 is 0 Å². The summed E-state index contributed by atoms with van der Waals surface area (Å²) in [7, 11) is 4.92. The smallest absolute Gasteiger partial charge is 0.341 e. The molecule has 0 saturated carbocycles. The maximum Gasteiger partial charge on any atom is 0.341 e. The van der Waals surface area contributed by atoms with Crippen molar-refractivity contribution in [2.45, 2.75) is 0 Å². The second-order valence-electron chi connectivity index (χ2n) is 4.87. The number of para-hydroxylation sites is 1. The summed E-state index contributed by atoms with van der Waals surface area (Å²) in [6.07, 6.45) is 1.58. The predicted molar refractivity (Wildman–Crippen MR) is 87.1 cm³/mol. The molecule has 120 valence electrons. The van der Waals surface area contributed by atoms with Gasteiger partial charge in [0.25, 0.3) is 0 Å². The third kappa shape index (κ3) is 4.26. The van der Waals surface area contributed by atoms with Gasteiger partial charge in [-0.3, -0.25) is 0 Å². The molecule has 1 N–H and O–H groups in total. The molecular formula is C16H17FN4O2. The number of halogens is 1. The number of hydrogen-bond donors (Lipinski definition) is 1. The summed E-state index contributed by atoms with van der Waals surface area (Å²) >= 11 is 0. The first-order chi connectivity index (χ1) is 11.0. The van der Waals surface area contributed by atoms with Gasteiger partial charge in [-0.2, -0.15) is 0 Å². The Labute approximate surface area is 133 Å². The molecule has 1 aromatic carbocycles. The highest BCUT2D eigenvalue weighted by Gasteiger charge is 2.15. The number of pyridine rings is 1. The minimum atomic E-state index is -0.570. The molecule has 0 atom stereocenters. The number of rotatable bonds is 5. The highest BCUT2D eigenvalue weighted by Crippen LogP contribution is 2.24. The summed E-state index contributed by atoms with van der Waals surface area (Å²) in [6, 6.07) is 9.23. The van der Waals surface area contributed by atoms with E-state index in [0.29, 0.717) is 5.82 Å². The number of carbonyl (C=O) groups excluding carboxylic acids is 1. The zero-order valence-electron chi connectivity index (χ0n) is 13.1. The maximum atomic E-state index is 13.8. The molecule has 0 aliphatic rings. The summed E-state index contributed by atoms with van der Waals surface area (Å²) in [6.45, 7) is 0. The zero-order valence-corrected chi connectivity index (χ0v) is 13.1. The lowest BCUT2D eigenvalue weighted by Gasteiger charge is -2.11. The second kappa shape index (κ2) is 7.35. The van der Waals surface area contributed by atoms with E-state index in [2.05, 4.69) is 15.3 Å². The van der Waals surface area contributed by atoms with Crippen LogP contribution in [0.5, 0.6) is 0 Å². The molecule has 1 aromatic heterocycles. The van der Waals surface area contributed by atoms with E-state index in [1.54, 1.807) is 35.5 Å². The number of methoxy groups -OCH3 is 1. The van der Waals surface area contributed by atoms with E-state index in [-0.39, 0.29) is 17.1 Å². The van der Waals surface area contributed by atoms with Crippen molar-refractivity contribution in [1.29, 1.82) is 0 Å². The van der Waals surface area contributed by atoms with Crippen molar-refractivity contribution in [3.05, 3.63) is 47.8 Å². The Hall–Kier alpha value is -2.96. The molecule has 6 nitrogen and oxygen atoms in total. The van der Waals surface area contributed by atoms with Gasteiger partial charge in [0, 0.05) is 14.1 Å². The van der Waals surface area contributed by atoms with Crippen LogP contribution in [0.1, 0.15) is 10.4 Å². The van der Waals surface area contributed by atoms with Gasteiger partial charge >= 0.3 is 5.97 Å². The van der Waals surface area contributed by atoms with E-state index in [1.807, 2.05) is 14.1 Å². The third-order valence-corrected chi connectivity index (χ3v) is 2.83. The van der Waals surface area contributed by atoms with Gasteiger partial charge in [0.05, 0.1) is 19.1 Å². The Balaban J connectivity index is 2.42. The summed E-state index contributed by atoms with van der Waals surface area (Å²) in [4.78, 5) is 22.0. The molecule has 0 aliphatic carbocycles. The molecule has 0 spiro atoms. The van der Waals surface area contributed by atoms with Crippen LogP contribution in [0.4, 0.5) is 21.7 Å². The van der Waals surface area contributed by atoms with Crippen molar-refractivity contribution >= 4 is 29.6 Å². The minimum absolute atomic E-state index is 0.176. The maximum absolute atomic E-state index is 13.8. The molecule has 0 unspecified atom stereocenters. The van der Waals surface area contributed by atoms with E-state index in [4.69, 9.17) is 4.74 Å². The lowest BCUT2D eigenvalue weighted by atomic mass is 10.2. The molecule has 0 fully saturated rings. The summed E-state index contributed by atoms with van der Waals surface area (Å²) in [5.41, 5.74) is 0.401. The van der Waals surface area contributed by atoms with Gasteiger partial charge in [-0.15, -0.1) is 0 Å². The molecule has 0 saturated heterocycles. The molecule has 0 amide bonds. The Bertz CT molecular complexity index is 732. The first-order valence-electron chi connectivity index (χ1n) is 6.83. The molecule has 0 radical (unpaired) electrons. The molecule has 0 aliphatic heterocycles. The van der Waals surface area contributed by atoms with Crippen LogP contribution in [0.2, 0.25) is 0 Å². The Morgan fingerprint density at radius 1 is 1.30 bits per heavy atom. The number of aliphatic imine (C=N–C) groups is 1. The summed E-state index contributed by atoms with van der Waals surface area (Å²) in [5.74, 6) is -0.465. The van der Waals surface area contributed by atoms with Crippen molar-refractivity contribution in [2.24, 2.45) is 4.99 Å². The SMILES string of the molecule is COC(=O)c1ccc(N=CN(C)C)nc1Nc1ccccc1F. The van der Waals surface area contributed by atoms with Crippen molar-refractivity contribution < 1.29 is 13.9 Å². The number of benzene rings is 1. The Morgan fingerprint density at radius 3 is 2.70 bits per heavy atom. The van der Waals surface area contributed by atoms with E-state index >= 15 is 0 Å². The van der Waals surface area contributed by atoms with Gasteiger partial charge < -0.3 is 15.0 Å². The normalized spacial score (nSPS) is 10.6. The van der Waals surface area contributed by atoms with Crippen LogP contribution in [-0.4, -0.2) is 43.4 Å². The number of nitrogens with zero attached hydrogens (tertiary/aromatic N) is 3. The van der Waals surface area contributed by atoms with Gasteiger partial charge in [-0.05, 0) is 24.3 Å². The van der Waals surface area contributed by atoms with E-state index in [9.17, 15) is 9.18 Å². The van der Waals surface area contributed by atoms with Crippen LogP contribution in [0, 0.1) is 5.82 Å². The lowest BCUT2D eigenvalue weighted by molar-refractivity contribution is 0.0601. The van der Waals surface area contributed by atoms with E-state index in [1.165, 1.54) is 19.2 Å². The fourth-order valence-electron chi connectivity index (χ4n) is 1.76. The van der Waals surface area contributed by atoms with Gasteiger partial charge in [-0.25, -0.2) is 19.2 Å². The zero-order chi connectivity index (χ0) is 16.8. The van der Waals surface area contributed by atoms with Crippen LogP contribution in [0.3, 0.4) is 0 Å². The van der Waals surface area contributed by atoms with Crippen LogP contribution < -0.4 is 5.32 Å². The van der Waals surface area contributed by atoms with Gasteiger partial charge in [0.15, 0.2) is 5.82 Å².